The second-order valence-electron chi connectivity index (χ2n) is 2.72. The first-order valence-electron chi connectivity index (χ1n) is 3.97. The van der Waals surface area contributed by atoms with E-state index in [0.717, 1.165) is 5.56 Å². The Bertz CT molecular complexity index is 379. The van der Waals surface area contributed by atoms with Crippen LogP contribution in [-0.4, -0.2) is 12.6 Å². The smallest absolute Gasteiger partial charge is 0.267 e. The molecule has 0 aliphatic heterocycles. The average molecular weight is 189 g/mol. The lowest BCUT2D eigenvalue weighted by Crippen LogP contribution is -2.12. The zero-order chi connectivity index (χ0) is 10.6. The van der Waals surface area contributed by atoms with Crippen LogP contribution in [-0.2, 0) is 4.79 Å². The number of rotatable bonds is 3. The zero-order valence-electron chi connectivity index (χ0n) is 7.60. The molecule has 0 saturated heterocycles. The molecule has 72 valence electrons. The van der Waals surface area contributed by atoms with Crippen molar-refractivity contribution in [3.63, 3.8) is 0 Å². The van der Waals surface area contributed by atoms with Crippen molar-refractivity contribution in [2.45, 2.75) is 0 Å². The lowest BCUT2D eigenvalue weighted by Gasteiger charge is -1.97. The van der Waals surface area contributed by atoms with Crippen molar-refractivity contribution in [2.24, 2.45) is 10.7 Å². The van der Waals surface area contributed by atoms with E-state index in [9.17, 15) is 4.79 Å². The molecule has 4 N–H and O–H groups in total. The summed E-state index contributed by atoms with van der Waals surface area (Å²) in [6.07, 6.45) is 1.55. The van der Waals surface area contributed by atoms with Gasteiger partial charge in [0.2, 0.25) is 0 Å². The van der Waals surface area contributed by atoms with Gasteiger partial charge >= 0.3 is 0 Å². The number of anilines is 1. The highest BCUT2D eigenvalue weighted by Crippen LogP contribution is 2.10. The van der Waals surface area contributed by atoms with E-state index < -0.39 is 5.91 Å². The highest BCUT2D eigenvalue weighted by molar-refractivity contribution is 5.96. The minimum Gasteiger partial charge on any atom is -0.399 e. The molecule has 14 heavy (non-hydrogen) atoms. The summed E-state index contributed by atoms with van der Waals surface area (Å²) >= 11 is 0. The summed E-state index contributed by atoms with van der Waals surface area (Å²) in [5.41, 5.74) is 12.2. The lowest BCUT2D eigenvalue weighted by atomic mass is 10.2. The second kappa shape index (κ2) is 4.23. The number of amides is 1. The third-order valence-electron chi connectivity index (χ3n) is 1.66. The van der Waals surface area contributed by atoms with Crippen molar-refractivity contribution >= 4 is 24.4 Å². The first kappa shape index (κ1) is 9.98. The molecule has 0 aliphatic carbocycles. The van der Waals surface area contributed by atoms with Gasteiger partial charge < -0.3 is 11.5 Å². The number of hydrogen-bond donors (Lipinski definition) is 2. The van der Waals surface area contributed by atoms with Gasteiger partial charge in [-0.1, -0.05) is 12.1 Å². The summed E-state index contributed by atoms with van der Waals surface area (Å²) in [6.45, 7) is 3.25. The maximum atomic E-state index is 10.8. The Morgan fingerprint density at radius 1 is 1.36 bits per heavy atom. The normalized spacial score (nSPS) is 11.0. The summed E-state index contributed by atoms with van der Waals surface area (Å²) in [7, 11) is 0. The van der Waals surface area contributed by atoms with E-state index in [-0.39, 0.29) is 5.70 Å². The molecule has 0 saturated carbocycles. The SMILES string of the molecule is C=N/C(=C/c1ccc(N)cc1)C(N)=O. The topological polar surface area (TPSA) is 81.5 Å². The third-order valence-corrected chi connectivity index (χ3v) is 1.66. The molecule has 4 nitrogen and oxygen atoms in total. The number of carbonyl (C=O) groups is 1. The van der Waals surface area contributed by atoms with Gasteiger partial charge in [-0.2, -0.15) is 0 Å². The predicted molar refractivity (Wildman–Crippen MR) is 57.6 cm³/mol. The van der Waals surface area contributed by atoms with Crippen LogP contribution < -0.4 is 11.5 Å². The number of benzene rings is 1. The molecule has 1 rings (SSSR count). The second-order valence-corrected chi connectivity index (χ2v) is 2.72. The Morgan fingerprint density at radius 3 is 2.36 bits per heavy atom. The van der Waals surface area contributed by atoms with E-state index >= 15 is 0 Å². The van der Waals surface area contributed by atoms with Crippen LogP contribution in [0, 0.1) is 0 Å². The van der Waals surface area contributed by atoms with Gasteiger partial charge in [-0.25, -0.2) is 0 Å². The van der Waals surface area contributed by atoms with E-state index in [0.29, 0.717) is 5.69 Å². The Labute approximate surface area is 81.9 Å². The standard InChI is InChI=1S/C10H11N3O/c1-13-9(10(12)14)6-7-2-4-8(11)5-3-7/h2-6H,1,11H2,(H2,12,14)/b9-6+. The number of primary amides is 1. The average Bonchev–Trinajstić information content (AvgIpc) is 2.16. The van der Waals surface area contributed by atoms with Crippen LogP contribution >= 0.6 is 0 Å². The fraction of sp³-hybridized carbons (Fsp3) is 0. The molecule has 0 atom stereocenters. The Kier molecular flexibility index (Phi) is 3.01. The van der Waals surface area contributed by atoms with Crippen LogP contribution in [0.4, 0.5) is 5.69 Å². The fourth-order valence-corrected chi connectivity index (χ4v) is 0.945. The molecular formula is C10H11N3O. The monoisotopic (exact) mass is 189 g/mol. The summed E-state index contributed by atoms with van der Waals surface area (Å²) in [6, 6.07) is 6.99. The fourth-order valence-electron chi connectivity index (χ4n) is 0.945. The quantitative estimate of drug-likeness (QED) is 0.419. The minimum absolute atomic E-state index is 0.134. The third kappa shape index (κ3) is 2.45. The summed E-state index contributed by atoms with van der Waals surface area (Å²) < 4.78 is 0. The van der Waals surface area contributed by atoms with Gasteiger partial charge in [-0.3, -0.25) is 9.79 Å². The van der Waals surface area contributed by atoms with Crippen molar-refractivity contribution < 1.29 is 4.79 Å². The molecule has 1 aromatic rings. The molecule has 4 heteroatoms. The Morgan fingerprint density at radius 2 is 1.93 bits per heavy atom. The van der Waals surface area contributed by atoms with Crippen LogP contribution in [0.25, 0.3) is 6.08 Å². The number of nitrogens with two attached hydrogens (primary N) is 2. The van der Waals surface area contributed by atoms with Gasteiger partial charge in [0.15, 0.2) is 0 Å². The van der Waals surface area contributed by atoms with Crippen LogP contribution in [0.5, 0.6) is 0 Å². The molecule has 0 unspecified atom stereocenters. The van der Waals surface area contributed by atoms with Crippen molar-refractivity contribution in [3.8, 4) is 0 Å². The van der Waals surface area contributed by atoms with Crippen molar-refractivity contribution in [1.29, 1.82) is 0 Å². The maximum Gasteiger partial charge on any atom is 0.267 e. The van der Waals surface area contributed by atoms with Gasteiger partial charge in [0.05, 0.1) is 0 Å². The summed E-state index contributed by atoms with van der Waals surface area (Å²) in [5, 5.41) is 0. The number of nitrogens with zero attached hydrogens (tertiary/aromatic N) is 1. The van der Waals surface area contributed by atoms with Crippen molar-refractivity contribution in [3.05, 3.63) is 35.5 Å². The van der Waals surface area contributed by atoms with E-state index in [1.807, 2.05) is 0 Å². The van der Waals surface area contributed by atoms with Crippen LogP contribution in [0.3, 0.4) is 0 Å². The molecule has 0 bridgehead atoms. The zero-order valence-corrected chi connectivity index (χ0v) is 7.60. The number of nitrogen functional groups attached to an aromatic ring is 1. The van der Waals surface area contributed by atoms with E-state index in [2.05, 4.69) is 11.7 Å². The van der Waals surface area contributed by atoms with Gasteiger partial charge in [0.25, 0.3) is 5.91 Å². The van der Waals surface area contributed by atoms with Gasteiger partial charge in [-0.15, -0.1) is 0 Å². The molecule has 1 amide bonds. The molecule has 0 fully saturated rings. The number of carbonyl (C=O) groups excluding carboxylic acids is 1. The summed E-state index contributed by atoms with van der Waals surface area (Å²) in [4.78, 5) is 14.3. The highest BCUT2D eigenvalue weighted by atomic mass is 16.1. The number of aliphatic imine (C=N–C) groups is 1. The first-order valence-corrected chi connectivity index (χ1v) is 3.97. The highest BCUT2D eigenvalue weighted by Gasteiger charge is 2.00. The van der Waals surface area contributed by atoms with Crippen molar-refractivity contribution in [2.75, 3.05) is 5.73 Å². The van der Waals surface area contributed by atoms with E-state index in [4.69, 9.17) is 11.5 Å². The molecule has 0 spiro atoms. The molecule has 0 heterocycles. The number of hydrogen-bond acceptors (Lipinski definition) is 3. The van der Waals surface area contributed by atoms with Crippen LogP contribution in [0.15, 0.2) is 35.0 Å². The molecule has 1 aromatic carbocycles. The lowest BCUT2D eigenvalue weighted by molar-refractivity contribution is -0.114. The maximum absolute atomic E-state index is 10.8. The molecular weight excluding hydrogens is 178 g/mol. The summed E-state index contributed by atoms with van der Waals surface area (Å²) in [5.74, 6) is -0.600. The molecule has 0 aromatic heterocycles. The van der Waals surface area contributed by atoms with Gasteiger partial charge in [0, 0.05) is 5.69 Å². The molecule has 0 aliphatic rings. The Balaban J connectivity index is 3.01. The van der Waals surface area contributed by atoms with Crippen molar-refractivity contribution in [1.82, 2.24) is 0 Å². The van der Waals surface area contributed by atoms with Gasteiger partial charge in [0.1, 0.15) is 5.70 Å². The predicted octanol–water partition coefficient (Wildman–Crippen LogP) is 0.796. The van der Waals surface area contributed by atoms with Crippen LogP contribution in [0.2, 0.25) is 0 Å². The van der Waals surface area contributed by atoms with Gasteiger partial charge in [-0.05, 0) is 30.5 Å². The van der Waals surface area contributed by atoms with E-state index in [1.165, 1.54) is 0 Å². The largest absolute Gasteiger partial charge is 0.399 e. The Hall–Kier alpha value is -2.10. The van der Waals surface area contributed by atoms with E-state index in [1.54, 1.807) is 30.3 Å². The minimum atomic E-state index is -0.600. The molecule has 0 radical (unpaired) electrons. The van der Waals surface area contributed by atoms with Crippen LogP contribution in [0.1, 0.15) is 5.56 Å². The first-order chi connectivity index (χ1) is 6.63.